The SMILES string of the molecule is CC(C)(C)c1cc(C(C)(C)C)c2oc3cc4c(cc3c2c1)-c1cc(N(c2ccc(-c3ccccc3)cc2)c2ccc(-c3ccccc3)cc2)ccc1C4(C)C. The maximum Gasteiger partial charge on any atom is 0.139 e. The summed E-state index contributed by atoms with van der Waals surface area (Å²) in [4.78, 5) is 2.39. The van der Waals surface area contributed by atoms with Crippen LogP contribution >= 0.6 is 0 Å². The molecule has 0 unspecified atom stereocenters. The average Bonchev–Trinajstić information content (AvgIpc) is 3.65. The van der Waals surface area contributed by atoms with Gasteiger partial charge in [0.15, 0.2) is 0 Å². The van der Waals surface area contributed by atoms with Crippen LogP contribution < -0.4 is 4.90 Å². The zero-order valence-corrected chi connectivity index (χ0v) is 33.3. The summed E-state index contributed by atoms with van der Waals surface area (Å²) < 4.78 is 6.85. The van der Waals surface area contributed by atoms with E-state index in [1.165, 1.54) is 66.4 Å². The van der Waals surface area contributed by atoms with E-state index in [1.54, 1.807) is 0 Å². The molecule has 0 saturated heterocycles. The van der Waals surface area contributed by atoms with Crippen LogP contribution in [0.5, 0.6) is 0 Å². The Morgan fingerprint density at radius 3 is 1.49 bits per heavy atom. The van der Waals surface area contributed by atoms with Gasteiger partial charge in [0.25, 0.3) is 0 Å². The molecule has 8 aromatic rings. The molecule has 0 fully saturated rings. The van der Waals surface area contributed by atoms with Gasteiger partial charge in [0.05, 0.1) is 0 Å². The molecule has 0 bridgehead atoms. The molecule has 9 rings (SSSR count). The monoisotopic (exact) mass is 715 g/mol. The van der Waals surface area contributed by atoms with Gasteiger partial charge >= 0.3 is 0 Å². The van der Waals surface area contributed by atoms with Crippen LogP contribution in [0, 0.1) is 0 Å². The summed E-state index contributed by atoms with van der Waals surface area (Å²) >= 11 is 0. The van der Waals surface area contributed by atoms with Crippen molar-refractivity contribution in [3.05, 3.63) is 174 Å². The van der Waals surface area contributed by atoms with Crippen molar-refractivity contribution < 1.29 is 4.42 Å². The summed E-state index contributed by atoms with van der Waals surface area (Å²) in [7, 11) is 0. The first-order chi connectivity index (χ1) is 26.3. The average molecular weight is 716 g/mol. The Morgan fingerprint density at radius 2 is 0.964 bits per heavy atom. The van der Waals surface area contributed by atoms with Gasteiger partial charge in [-0.2, -0.15) is 0 Å². The lowest BCUT2D eigenvalue weighted by molar-refractivity contribution is 0.559. The first-order valence-corrected chi connectivity index (χ1v) is 19.6. The standard InChI is InChI=1S/C53H49NO/c1-51(2,3)38-29-45-44-32-43-42-31-41(27-28-46(42)53(7,8)47(43)33-49(44)55-50(45)48(30-38)52(4,5)6)54(39-23-19-36(20-24-39)34-15-11-9-12-16-34)40-25-21-37(22-26-40)35-17-13-10-14-18-35/h9-33H,1-8H3. The predicted molar refractivity (Wildman–Crippen MR) is 234 cm³/mol. The third kappa shape index (κ3) is 5.96. The highest BCUT2D eigenvalue weighted by molar-refractivity contribution is 6.09. The highest BCUT2D eigenvalue weighted by Gasteiger charge is 2.37. The summed E-state index contributed by atoms with van der Waals surface area (Å²) in [6.07, 6.45) is 0. The van der Waals surface area contributed by atoms with Gasteiger partial charge in [-0.3, -0.25) is 0 Å². The molecule has 55 heavy (non-hydrogen) atoms. The number of anilines is 3. The maximum atomic E-state index is 6.85. The second-order valence-corrected chi connectivity index (χ2v) is 17.9. The van der Waals surface area contributed by atoms with Crippen molar-refractivity contribution in [1.82, 2.24) is 0 Å². The molecule has 2 heteroatoms. The molecule has 0 N–H and O–H groups in total. The molecular weight excluding hydrogens is 667 g/mol. The van der Waals surface area contributed by atoms with Crippen molar-refractivity contribution in [3.8, 4) is 33.4 Å². The number of hydrogen-bond acceptors (Lipinski definition) is 2. The fourth-order valence-corrected chi connectivity index (χ4v) is 8.55. The largest absolute Gasteiger partial charge is 0.456 e. The number of nitrogens with zero attached hydrogens (tertiary/aromatic N) is 1. The molecule has 0 radical (unpaired) electrons. The Morgan fingerprint density at radius 1 is 0.455 bits per heavy atom. The quantitative estimate of drug-likeness (QED) is 0.176. The molecule has 0 aliphatic heterocycles. The second kappa shape index (κ2) is 12.6. The highest BCUT2D eigenvalue weighted by Crippen LogP contribution is 2.53. The number of fused-ring (bicyclic) bond motifs is 6. The van der Waals surface area contributed by atoms with Gasteiger partial charge in [-0.05, 0) is 115 Å². The van der Waals surface area contributed by atoms with E-state index in [4.69, 9.17) is 4.42 Å². The molecule has 0 amide bonds. The lowest BCUT2D eigenvalue weighted by Crippen LogP contribution is -2.16. The van der Waals surface area contributed by atoms with E-state index in [9.17, 15) is 0 Å². The van der Waals surface area contributed by atoms with Crippen LogP contribution in [0.4, 0.5) is 17.1 Å². The zero-order valence-electron chi connectivity index (χ0n) is 33.3. The minimum atomic E-state index is -0.181. The molecule has 272 valence electrons. The first-order valence-electron chi connectivity index (χ1n) is 19.6. The Labute approximate surface area is 326 Å². The highest BCUT2D eigenvalue weighted by atomic mass is 16.3. The predicted octanol–water partition coefficient (Wildman–Crippen LogP) is 15.3. The van der Waals surface area contributed by atoms with Crippen LogP contribution in [0.3, 0.4) is 0 Å². The minimum absolute atomic E-state index is 0.0139. The van der Waals surface area contributed by atoms with E-state index in [1.807, 2.05) is 0 Å². The number of rotatable bonds is 5. The van der Waals surface area contributed by atoms with Crippen molar-refractivity contribution in [1.29, 1.82) is 0 Å². The molecule has 2 nitrogen and oxygen atoms in total. The van der Waals surface area contributed by atoms with Crippen LogP contribution in [0.15, 0.2) is 156 Å². The Bertz CT molecular complexity index is 2620. The van der Waals surface area contributed by atoms with Crippen LogP contribution in [-0.4, -0.2) is 0 Å². The molecule has 7 aromatic carbocycles. The minimum Gasteiger partial charge on any atom is -0.456 e. The van der Waals surface area contributed by atoms with Crippen molar-refractivity contribution in [2.75, 3.05) is 4.90 Å². The summed E-state index contributed by atoms with van der Waals surface area (Å²) in [5.41, 5.74) is 17.8. The molecule has 1 aromatic heterocycles. The number of benzene rings is 7. The zero-order chi connectivity index (χ0) is 38.3. The Hall–Kier alpha value is -5.86. The van der Waals surface area contributed by atoms with Crippen LogP contribution in [0.1, 0.15) is 77.6 Å². The summed E-state index contributed by atoms with van der Waals surface area (Å²) in [5.74, 6) is 0. The van der Waals surface area contributed by atoms with Crippen LogP contribution in [0.2, 0.25) is 0 Å². The van der Waals surface area contributed by atoms with Crippen molar-refractivity contribution >= 4 is 39.0 Å². The Kier molecular flexibility index (Phi) is 7.99. The molecule has 0 saturated carbocycles. The third-order valence-corrected chi connectivity index (χ3v) is 11.7. The summed E-state index contributed by atoms with van der Waals surface area (Å²) in [6.45, 7) is 18.5. The van der Waals surface area contributed by atoms with Crippen LogP contribution in [0.25, 0.3) is 55.3 Å². The summed E-state index contributed by atoms with van der Waals surface area (Å²) in [6, 6.07) is 55.7. The van der Waals surface area contributed by atoms with E-state index in [-0.39, 0.29) is 16.2 Å². The van der Waals surface area contributed by atoms with Crippen molar-refractivity contribution in [2.45, 2.75) is 71.6 Å². The van der Waals surface area contributed by atoms with E-state index >= 15 is 0 Å². The smallest absolute Gasteiger partial charge is 0.139 e. The van der Waals surface area contributed by atoms with E-state index in [0.717, 1.165) is 28.2 Å². The second-order valence-electron chi connectivity index (χ2n) is 17.9. The van der Waals surface area contributed by atoms with Gasteiger partial charge in [-0.25, -0.2) is 0 Å². The van der Waals surface area contributed by atoms with Gasteiger partial charge in [0, 0.05) is 38.8 Å². The molecule has 0 atom stereocenters. The summed E-state index contributed by atoms with van der Waals surface area (Å²) in [5, 5.41) is 2.39. The van der Waals surface area contributed by atoms with Gasteiger partial charge in [0.1, 0.15) is 11.2 Å². The lowest BCUT2D eigenvalue weighted by atomic mass is 9.79. The fourth-order valence-electron chi connectivity index (χ4n) is 8.55. The van der Waals surface area contributed by atoms with Gasteiger partial charge in [-0.1, -0.05) is 152 Å². The topological polar surface area (TPSA) is 16.4 Å². The third-order valence-electron chi connectivity index (χ3n) is 11.7. The molecule has 1 aliphatic carbocycles. The fraction of sp³-hybridized carbons (Fsp3) is 0.208. The molecular formula is C53H49NO. The normalized spacial score (nSPS) is 13.6. The van der Waals surface area contributed by atoms with Crippen molar-refractivity contribution in [2.24, 2.45) is 0 Å². The number of hydrogen-bond donors (Lipinski definition) is 0. The van der Waals surface area contributed by atoms with E-state index < -0.39 is 0 Å². The van der Waals surface area contributed by atoms with E-state index in [0.29, 0.717) is 0 Å². The first kappa shape index (κ1) is 34.9. The van der Waals surface area contributed by atoms with Crippen LogP contribution in [-0.2, 0) is 16.2 Å². The maximum absolute atomic E-state index is 6.85. The van der Waals surface area contributed by atoms with Gasteiger partial charge in [-0.15, -0.1) is 0 Å². The molecule has 0 spiro atoms. The number of furan rings is 1. The van der Waals surface area contributed by atoms with Crippen molar-refractivity contribution in [3.63, 3.8) is 0 Å². The Balaban J connectivity index is 1.22. The van der Waals surface area contributed by atoms with E-state index in [2.05, 4.69) is 212 Å². The van der Waals surface area contributed by atoms with Gasteiger partial charge < -0.3 is 9.32 Å². The molecule has 1 heterocycles. The molecule has 1 aliphatic rings. The lowest BCUT2D eigenvalue weighted by Gasteiger charge is -2.27. The van der Waals surface area contributed by atoms with Gasteiger partial charge in [0.2, 0.25) is 0 Å².